The van der Waals surface area contributed by atoms with Crippen LogP contribution in [0.3, 0.4) is 0 Å². The van der Waals surface area contributed by atoms with Crippen molar-refractivity contribution in [2.75, 3.05) is 7.05 Å². The van der Waals surface area contributed by atoms with Crippen molar-refractivity contribution in [3.05, 3.63) is 51.7 Å². The van der Waals surface area contributed by atoms with Gasteiger partial charge in [0.1, 0.15) is 0 Å². The van der Waals surface area contributed by atoms with Gasteiger partial charge in [0.15, 0.2) is 0 Å². The van der Waals surface area contributed by atoms with Crippen LogP contribution >= 0.6 is 11.3 Å². The third kappa shape index (κ3) is 7.45. The number of carboxylic acid groups (broad SMARTS) is 1. The van der Waals surface area contributed by atoms with E-state index in [0.29, 0.717) is 25.0 Å². The largest absolute Gasteiger partial charge is 0.478 e. The number of amides is 1. The minimum Gasteiger partial charge on any atom is -0.478 e. The summed E-state index contributed by atoms with van der Waals surface area (Å²) in [5.41, 5.74) is 3.50. The third-order valence-corrected chi connectivity index (χ3v) is 6.13. The lowest BCUT2D eigenvalue weighted by molar-refractivity contribution is -0.133. The second-order valence-corrected chi connectivity index (χ2v) is 8.66. The summed E-state index contributed by atoms with van der Waals surface area (Å²) in [6.07, 6.45) is 8.63. The highest BCUT2D eigenvalue weighted by Gasteiger charge is 2.11. The third-order valence-electron chi connectivity index (χ3n) is 5.21. The van der Waals surface area contributed by atoms with Crippen LogP contribution in [0.5, 0.6) is 0 Å². The molecule has 0 saturated carbocycles. The molecule has 1 aromatic heterocycles. The summed E-state index contributed by atoms with van der Waals surface area (Å²) in [6, 6.07) is 10.0. The number of rotatable bonds is 12. The van der Waals surface area contributed by atoms with Crippen LogP contribution in [0.4, 0.5) is 0 Å². The van der Waals surface area contributed by atoms with Crippen molar-refractivity contribution in [3.63, 3.8) is 0 Å². The highest BCUT2D eigenvalue weighted by molar-refractivity contribution is 7.10. The van der Waals surface area contributed by atoms with Crippen molar-refractivity contribution in [2.24, 2.45) is 0 Å². The van der Waals surface area contributed by atoms with E-state index in [0.717, 1.165) is 34.4 Å². The standard InChI is InChI=1S/C25H33NO3S/c1-4-6-7-8-9-10-24(27)26(3)17-23-16-22(18-30-23)21-13-11-19(12-14-21)15-20(5-2)25(28)29/h11-16,18H,4-10,17H2,1-3H3,(H,28,29). The zero-order valence-electron chi connectivity index (χ0n) is 18.3. The minimum absolute atomic E-state index is 0.211. The van der Waals surface area contributed by atoms with Crippen LogP contribution in [0.25, 0.3) is 17.2 Å². The summed E-state index contributed by atoms with van der Waals surface area (Å²) >= 11 is 1.66. The predicted octanol–water partition coefficient (Wildman–Crippen LogP) is 6.61. The van der Waals surface area contributed by atoms with Crippen LogP contribution in [0.1, 0.15) is 69.2 Å². The zero-order valence-corrected chi connectivity index (χ0v) is 19.1. The van der Waals surface area contributed by atoms with Crippen LogP contribution in [0.2, 0.25) is 0 Å². The molecule has 5 heteroatoms. The molecule has 1 amide bonds. The lowest BCUT2D eigenvalue weighted by Crippen LogP contribution is -2.25. The molecule has 1 N–H and O–H groups in total. The summed E-state index contributed by atoms with van der Waals surface area (Å²) < 4.78 is 0. The first-order valence-electron chi connectivity index (χ1n) is 10.8. The summed E-state index contributed by atoms with van der Waals surface area (Å²) in [5, 5.41) is 11.3. The second kappa shape index (κ2) is 12.3. The molecule has 0 fully saturated rings. The number of hydrogen-bond acceptors (Lipinski definition) is 3. The van der Waals surface area contributed by atoms with Crippen LogP contribution in [-0.4, -0.2) is 28.9 Å². The second-order valence-electron chi connectivity index (χ2n) is 7.67. The predicted molar refractivity (Wildman–Crippen MR) is 126 cm³/mol. The van der Waals surface area contributed by atoms with E-state index in [9.17, 15) is 9.59 Å². The summed E-state index contributed by atoms with van der Waals surface area (Å²) in [5.74, 6) is -0.661. The molecule has 0 atom stereocenters. The van der Waals surface area contributed by atoms with Crippen molar-refractivity contribution < 1.29 is 14.7 Å². The Balaban J connectivity index is 1.93. The van der Waals surface area contributed by atoms with Gasteiger partial charge in [0.2, 0.25) is 5.91 Å². The Morgan fingerprint density at radius 2 is 1.73 bits per heavy atom. The van der Waals surface area contributed by atoms with Crippen molar-refractivity contribution in [2.45, 2.75) is 65.3 Å². The fourth-order valence-corrected chi connectivity index (χ4v) is 4.24. The van der Waals surface area contributed by atoms with Gasteiger partial charge in [0.05, 0.1) is 6.54 Å². The number of carbonyl (C=O) groups excluding carboxylic acids is 1. The quantitative estimate of drug-likeness (QED) is 0.306. The Morgan fingerprint density at radius 3 is 2.37 bits per heavy atom. The molecule has 0 spiro atoms. The number of hydrogen-bond donors (Lipinski definition) is 1. The van der Waals surface area contributed by atoms with Crippen LogP contribution < -0.4 is 0 Å². The van der Waals surface area contributed by atoms with E-state index >= 15 is 0 Å². The van der Waals surface area contributed by atoms with Gasteiger partial charge in [-0.2, -0.15) is 0 Å². The van der Waals surface area contributed by atoms with Gasteiger partial charge in [0.25, 0.3) is 0 Å². The van der Waals surface area contributed by atoms with E-state index < -0.39 is 5.97 Å². The molecule has 0 radical (unpaired) electrons. The maximum Gasteiger partial charge on any atom is 0.331 e. The average molecular weight is 428 g/mol. The highest BCUT2D eigenvalue weighted by Crippen LogP contribution is 2.27. The topological polar surface area (TPSA) is 57.6 Å². The van der Waals surface area contributed by atoms with E-state index in [2.05, 4.69) is 18.4 Å². The van der Waals surface area contributed by atoms with Gasteiger partial charge in [-0.15, -0.1) is 11.3 Å². The van der Waals surface area contributed by atoms with Crippen LogP contribution in [0.15, 0.2) is 41.3 Å². The molecule has 0 bridgehead atoms. The van der Waals surface area contributed by atoms with Gasteiger partial charge in [-0.3, -0.25) is 4.79 Å². The molecule has 1 heterocycles. The first-order valence-corrected chi connectivity index (χ1v) is 11.7. The number of carboxylic acids is 1. The van der Waals surface area contributed by atoms with Gasteiger partial charge < -0.3 is 10.0 Å². The lowest BCUT2D eigenvalue weighted by Gasteiger charge is -2.16. The fraction of sp³-hybridized carbons (Fsp3) is 0.440. The number of nitrogens with zero attached hydrogens (tertiary/aromatic N) is 1. The Kier molecular flexibility index (Phi) is 9.81. The Hall–Kier alpha value is -2.40. The molecule has 0 saturated heterocycles. The molecule has 30 heavy (non-hydrogen) atoms. The van der Waals surface area contributed by atoms with Gasteiger partial charge in [-0.05, 0) is 47.1 Å². The number of thiophene rings is 1. The maximum atomic E-state index is 12.3. The highest BCUT2D eigenvalue weighted by atomic mass is 32.1. The summed E-state index contributed by atoms with van der Waals surface area (Å²) in [7, 11) is 1.88. The molecule has 0 aliphatic carbocycles. The molecule has 4 nitrogen and oxygen atoms in total. The van der Waals surface area contributed by atoms with E-state index in [1.54, 1.807) is 17.4 Å². The fourth-order valence-electron chi connectivity index (χ4n) is 3.30. The number of benzene rings is 1. The van der Waals surface area contributed by atoms with Crippen molar-refractivity contribution in [1.82, 2.24) is 4.90 Å². The summed E-state index contributed by atoms with van der Waals surface area (Å²) in [4.78, 5) is 26.5. The molecular formula is C25H33NO3S. The van der Waals surface area contributed by atoms with Crippen molar-refractivity contribution in [3.8, 4) is 11.1 Å². The lowest BCUT2D eigenvalue weighted by atomic mass is 10.0. The molecule has 1 aromatic carbocycles. The smallest absolute Gasteiger partial charge is 0.331 e. The molecule has 0 unspecified atom stereocenters. The van der Waals surface area contributed by atoms with Gasteiger partial charge >= 0.3 is 5.97 Å². The monoisotopic (exact) mass is 427 g/mol. The summed E-state index contributed by atoms with van der Waals surface area (Å²) in [6.45, 7) is 4.68. The molecule has 2 rings (SSSR count). The Morgan fingerprint density at radius 1 is 1.03 bits per heavy atom. The van der Waals surface area contributed by atoms with Gasteiger partial charge in [-0.25, -0.2) is 4.79 Å². The van der Waals surface area contributed by atoms with Crippen LogP contribution in [-0.2, 0) is 16.1 Å². The SMILES string of the molecule is CCCCCCCC(=O)N(C)Cc1cc(-c2ccc(C=C(CC)C(=O)O)cc2)cs1. The molecule has 0 aliphatic heterocycles. The molecule has 0 aliphatic rings. The molecule has 2 aromatic rings. The first-order chi connectivity index (χ1) is 14.4. The van der Waals surface area contributed by atoms with E-state index in [1.165, 1.54) is 19.3 Å². The van der Waals surface area contributed by atoms with Crippen LogP contribution in [0, 0.1) is 0 Å². The van der Waals surface area contributed by atoms with Crippen molar-refractivity contribution >= 4 is 29.3 Å². The van der Waals surface area contributed by atoms with Crippen molar-refractivity contribution in [1.29, 1.82) is 0 Å². The zero-order chi connectivity index (χ0) is 21.9. The first kappa shape index (κ1) is 23.9. The Bertz CT molecular complexity index is 852. The molecular weight excluding hydrogens is 394 g/mol. The number of carbonyl (C=O) groups is 2. The Labute approximate surface area is 184 Å². The minimum atomic E-state index is -0.872. The van der Waals surface area contributed by atoms with Gasteiger partial charge in [-0.1, -0.05) is 63.8 Å². The van der Waals surface area contributed by atoms with E-state index in [1.807, 2.05) is 43.1 Å². The van der Waals surface area contributed by atoms with E-state index in [-0.39, 0.29) is 5.91 Å². The maximum absolute atomic E-state index is 12.3. The average Bonchev–Trinajstić information content (AvgIpc) is 3.20. The number of unbranched alkanes of at least 4 members (excludes halogenated alkanes) is 4. The van der Waals surface area contributed by atoms with E-state index in [4.69, 9.17) is 5.11 Å². The number of aliphatic carboxylic acids is 1. The molecule has 162 valence electrons. The van der Waals surface area contributed by atoms with Gasteiger partial charge in [0, 0.05) is 23.9 Å². The normalized spacial score (nSPS) is 11.5.